The lowest BCUT2D eigenvalue weighted by molar-refractivity contribution is -0.116. The van der Waals surface area contributed by atoms with Crippen LogP contribution in [-0.4, -0.2) is 35.3 Å². The van der Waals surface area contributed by atoms with Crippen LogP contribution in [0.4, 0.5) is 5.82 Å². The number of benzene rings is 1. The minimum Gasteiger partial charge on any atom is -0.311 e. The molecule has 0 aliphatic rings. The van der Waals surface area contributed by atoms with E-state index in [2.05, 4.69) is 57.5 Å². The number of anilines is 1. The van der Waals surface area contributed by atoms with Crippen LogP contribution in [0.15, 0.2) is 30.6 Å². The van der Waals surface area contributed by atoms with E-state index in [9.17, 15) is 4.79 Å². The molecular formula is C22H25N7O. The third-order valence-electron chi connectivity index (χ3n) is 5.14. The molecule has 0 spiro atoms. The maximum absolute atomic E-state index is 12.7. The monoisotopic (exact) mass is 403 g/mol. The Morgan fingerprint density at radius 1 is 1.03 bits per heavy atom. The molecule has 3 aromatic heterocycles. The van der Waals surface area contributed by atoms with Crippen LogP contribution in [0, 0.1) is 34.6 Å². The van der Waals surface area contributed by atoms with Crippen LogP contribution >= 0.6 is 0 Å². The predicted octanol–water partition coefficient (Wildman–Crippen LogP) is 3.42. The molecular weight excluding hydrogens is 378 g/mol. The highest BCUT2D eigenvalue weighted by atomic mass is 16.1. The number of carbonyl (C=O) groups is 1. The van der Waals surface area contributed by atoms with Crippen LogP contribution in [0.1, 0.15) is 40.2 Å². The molecule has 8 nitrogen and oxygen atoms in total. The molecule has 0 unspecified atom stereocenters. The van der Waals surface area contributed by atoms with Gasteiger partial charge in [0.25, 0.3) is 5.78 Å². The molecule has 154 valence electrons. The van der Waals surface area contributed by atoms with Crippen molar-refractivity contribution in [3.63, 3.8) is 0 Å². The number of carbonyl (C=O) groups excluding carboxylic acids is 1. The number of rotatable bonds is 5. The zero-order valence-electron chi connectivity index (χ0n) is 17.9. The van der Waals surface area contributed by atoms with Gasteiger partial charge in [0.05, 0.1) is 11.4 Å². The van der Waals surface area contributed by atoms with Crippen molar-refractivity contribution in [3.05, 3.63) is 64.4 Å². The molecule has 0 bridgehead atoms. The SMILES string of the molecule is Cc1cc(C)cc(-n2nc(C)cc2NC(=O)CCc2c(C)nc3ncnn3c2C)c1. The van der Waals surface area contributed by atoms with E-state index in [1.165, 1.54) is 6.33 Å². The van der Waals surface area contributed by atoms with Gasteiger partial charge in [-0.15, -0.1) is 0 Å². The van der Waals surface area contributed by atoms with Crippen molar-refractivity contribution in [2.24, 2.45) is 0 Å². The summed E-state index contributed by atoms with van der Waals surface area (Å²) >= 11 is 0. The van der Waals surface area contributed by atoms with Gasteiger partial charge in [-0.05, 0) is 69.9 Å². The van der Waals surface area contributed by atoms with E-state index < -0.39 is 0 Å². The average Bonchev–Trinajstić information content (AvgIpc) is 3.27. The minimum absolute atomic E-state index is 0.0713. The Labute approximate surface area is 175 Å². The second kappa shape index (κ2) is 7.70. The molecule has 8 heteroatoms. The van der Waals surface area contributed by atoms with Crippen LogP contribution in [0.2, 0.25) is 0 Å². The van der Waals surface area contributed by atoms with Gasteiger partial charge in [0, 0.05) is 23.9 Å². The van der Waals surface area contributed by atoms with Gasteiger partial charge < -0.3 is 5.32 Å². The van der Waals surface area contributed by atoms with Crippen LogP contribution < -0.4 is 5.32 Å². The molecule has 0 fully saturated rings. The summed E-state index contributed by atoms with van der Waals surface area (Å²) in [4.78, 5) is 21.4. The first-order valence-corrected chi connectivity index (χ1v) is 9.93. The number of hydrogen-bond acceptors (Lipinski definition) is 5. The lowest BCUT2D eigenvalue weighted by Crippen LogP contribution is -2.16. The van der Waals surface area contributed by atoms with Gasteiger partial charge in [0.2, 0.25) is 5.91 Å². The third kappa shape index (κ3) is 3.80. The normalized spacial score (nSPS) is 11.2. The Morgan fingerprint density at radius 2 is 1.77 bits per heavy atom. The first-order chi connectivity index (χ1) is 14.3. The summed E-state index contributed by atoms with van der Waals surface area (Å²) in [7, 11) is 0. The summed E-state index contributed by atoms with van der Waals surface area (Å²) in [6.07, 6.45) is 2.39. The van der Waals surface area contributed by atoms with Crippen molar-refractivity contribution in [2.45, 2.75) is 47.5 Å². The standard InChI is InChI=1S/C22H25N7O/c1-13-8-14(2)10-18(9-13)29-20(11-15(3)27-29)26-21(30)7-6-19-16(4)25-22-23-12-24-28(22)17(19)5/h8-12H,6-7H2,1-5H3,(H,26,30). The zero-order valence-corrected chi connectivity index (χ0v) is 17.9. The quantitative estimate of drug-likeness (QED) is 0.551. The van der Waals surface area contributed by atoms with Crippen molar-refractivity contribution in [2.75, 3.05) is 5.32 Å². The molecule has 30 heavy (non-hydrogen) atoms. The van der Waals surface area contributed by atoms with Gasteiger partial charge in [-0.25, -0.2) is 14.2 Å². The second-order valence-corrected chi connectivity index (χ2v) is 7.71. The van der Waals surface area contributed by atoms with Gasteiger partial charge in [0.15, 0.2) is 0 Å². The van der Waals surface area contributed by atoms with E-state index in [1.807, 2.05) is 26.8 Å². The molecule has 0 radical (unpaired) electrons. The van der Waals surface area contributed by atoms with Crippen molar-refractivity contribution < 1.29 is 4.79 Å². The Kier molecular flexibility index (Phi) is 5.07. The van der Waals surface area contributed by atoms with E-state index >= 15 is 0 Å². The summed E-state index contributed by atoms with van der Waals surface area (Å²) in [5.41, 5.74) is 6.92. The molecule has 4 rings (SSSR count). The number of nitrogens with zero attached hydrogens (tertiary/aromatic N) is 6. The summed E-state index contributed by atoms with van der Waals surface area (Å²) in [5, 5.41) is 11.8. The molecule has 0 aliphatic heterocycles. The fraction of sp³-hybridized carbons (Fsp3) is 0.318. The molecule has 0 saturated heterocycles. The van der Waals surface area contributed by atoms with Gasteiger partial charge in [-0.3, -0.25) is 4.79 Å². The number of aromatic nitrogens is 6. The molecule has 1 amide bonds. The van der Waals surface area contributed by atoms with E-state index in [0.717, 1.165) is 39.5 Å². The number of nitrogens with one attached hydrogen (secondary N) is 1. The molecule has 0 atom stereocenters. The molecule has 0 aliphatic carbocycles. The van der Waals surface area contributed by atoms with E-state index in [-0.39, 0.29) is 5.91 Å². The van der Waals surface area contributed by atoms with E-state index in [0.29, 0.717) is 24.4 Å². The summed E-state index contributed by atoms with van der Waals surface area (Å²) in [6.45, 7) is 9.93. The highest BCUT2D eigenvalue weighted by Gasteiger charge is 2.15. The number of amides is 1. The number of hydrogen-bond donors (Lipinski definition) is 1. The molecule has 1 N–H and O–H groups in total. The smallest absolute Gasteiger partial charge is 0.252 e. The highest BCUT2D eigenvalue weighted by molar-refractivity contribution is 5.90. The minimum atomic E-state index is -0.0713. The van der Waals surface area contributed by atoms with Crippen LogP contribution in [0.5, 0.6) is 0 Å². The maximum Gasteiger partial charge on any atom is 0.252 e. The van der Waals surface area contributed by atoms with Crippen LogP contribution in [0.25, 0.3) is 11.5 Å². The largest absolute Gasteiger partial charge is 0.311 e. The number of fused-ring (bicyclic) bond motifs is 1. The Balaban J connectivity index is 1.53. The average molecular weight is 403 g/mol. The van der Waals surface area contributed by atoms with Gasteiger partial charge in [-0.2, -0.15) is 15.2 Å². The molecule has 4 aromatic rings. The fourth-order valence-electron chi connectivity index (χ4n) is 3.82. The summed E-state index contributed by atoms with van der Waals surface area (Å²) in [6, 6.07) is 8.11. The Morgan fingerprint density at radius 3 is 2.50 bits per heavy atom. The third-order valence-corrected chi connectivity index (χ3v) is 5.14. The first-order valence-electron chi connectivity index (χ1n) is 9.93. The molecule has 1 aromatic carbocycles. The van der Waals surface area contributed by atoms with E-state index in [4.69, 9.17) is 0 Å². The zero-order chi connectivity index (χ0) is 21.4. The van der Waals surface area contributed by atoms with E-state index in [1.54, 1.807) is 9.20 Å². The Hall–Kier alpha value is -3.55. The topological polar surface area (TPSA) is 90.0 Å². The maximum atomic E-state index is 12.7. The lowest BCUT2D eigenvalue weighted by Gasteiger charge is -2.12. The van der Waals surface area contributed by atoms with Crippen LogP contribution in [-0.2, 0) is 11.2 Å². The molecule has 0 saturated carbocycles. The van der Waals surface area contributed by atoms with Crippen molar-refractivity contribution in [1.82, 2.24) is 29.4 Å². The van der Waals surface area contributed by atoms with Crippen LogP contribution in [0.3, 0.4) is 0 Å². The molecule has 3 heterocycles. The second-order valence-electron chi connectivity index (χ2n) is 7.71. The highest BCUT2D eigenvalue weighted by Crippen LogP contribution is 2.21. The van der Waals surface area contributed by atoms with Crippen molar-refractivity contribution in [3.8, 4) is 5.69 Å². The van der Waals surface area contributed by atoms with Crippen molar-refractivity contribution in [1.29, 1.82) is 0 Å². The lowest BCUT2D eigenvalue weighted by atomic mass is 10.1. The number of aryl methyl sites for hydroxylation is 5. The summed E-state index contributed by atoms with van der Waals surface area (Å²) in [5.74, 6) is 1.17. The predicted molar refractivity (Wildman–Crippen MR) is 115 cm³/mol. The van der Waals surface area contributed by atoms with Gasteiger partial charge in [0.1, 0.15) is 12.1 Å². The van der Waals surface area contributed by atoms with Crippen molar-refractivity contribution >= 4 is 17.5 Å². The summed E-state index contributed by atoms with van der Waals surface area (Å²) < 4.78 is 3.49. The van der Waals surface area contributed by atoms with Gasteiger partial charge in [-0.1, -0.05) is 6.07 Å². The Bertz CT molecular complexity index is 1230. The van der Waals surface area contributed by atoms with Gasteiger partial charge >= 0.3 is 0 Å². The fourth-order valence-corrected chi connectivity index (χ4v) is 3.82. The first kappa shape index (κ1) is 19.8.